The number of rotatable bonds is 10. The van der Waals surface area contributed by atoms with Crippen molar-refractivity contribution in [2.24, 2.45) is 0 Å². The van der Waals surface area contributed by atoms with Gasteiger partial charge in [0.1, 0.15) is 24.4 Å². The fourth-order valence-electron chi connectivity index (χ4n) is 3.97. The molecule has 0 bridgehead atoms. The third kappa shape index (κ3) is 11.7. The Morgan fingerprint density at radius 2 is 1.38 bits per heavy atom. The molecule has 14 heteroatoms. The molecule has 0 radical (unpaired) electrons. The zero-order valence-corrected chi connectivity index (χ0v) is 25.4. The summed E-state index contributed by atoms with van der Waals surface area (Å²) in [6.45, 7) is 9.04. The van der Waals surface area contributed by atoms with Crippen molar-refractivity contribution in [3.8, 4) is 0 Å². The Labute approximate surface area is 248 Å². The molecule has 0 aliphatic carbocycles. The molecule has 13 nitrogen and oxygen atoms in total. The largest absolute Gasteiger partial charge is 0.463 e. The van der Waals surface area contributed by atoms with Gasteiger partial charge >= 0.3 is 30.0 Å². The molecule has 0 spiro atoms. The summed E-state index contributed by atoms with van der Waals surface area (Å²) >= 11 is 0.567. The van der Waals surface area contributed by atoms with Crippen molar-refractivity contribution in [1.82, 2.24) is 5.32 Å². The molecule has 1 saturated heterocycles. The second kappa shape index (κ2) is 15.5. The Balaban J connectivity index is 2.46. The van der Waals surface area contributed by atoms with Crippen LogP contribution in [0.5, 0.6) is 0 Å². The molecule has 6 atom stereocenters. The Hall–Kier alpha value is -3.65. The van der Waals surface area contributed by atoms with E-state index in [4.69, 9.17) is 28.4 Å². The summed E-state index contributed by atoms with van der Waals surface area (Å²) in [6, 6.07) is 7.77. The molecule has 232 valence electrons. The highest BCUT2D eigenvalue weighted by Crippen LogP contribution is 2.35. The van der Waals surface area contributed by atoms with Crippen LogP contribution >= 0.6 is 11.8 Å². The minimum absolute atomic E-state index is 0.0805. The van der Waals surface area contributed by atoms with Crippen molar-refractivity contribution in [2.75, 3.05) is 6.61 Å². The van der Waals surface area contributed by atoms with Crippen molar-refractivity contribution in [1.29, 1.82) is 0 Å². The molecule has 1 heterocycles. The maximum absolute atomic E-state index is 13.7. The first-order valence-corrected chi connectivity index (χ1v) is 14.0. The number of hydrogen-bond acceptors (Lipinski definition) is 13. The standard InChI is InChI=1S/C28H37NO12S/c1-15(30)36-14-21-22(37-16(2)31)23(38-17(3)32)24(39-18(4)33)26(40-21)42-25(34)20(13-19-11-9-8-10-12-19)29-27(35)41-28(5,6)7/h8-12,20-24,26H,13-14H2,1-7H3,(H,29,35)/t20?,21-,22-,23+,24-,26+/m1/s1. The first-order valence-electron chi connectivity index (χ1n) is 13.1. The van der Waals surface area contributed by atoms with Gasteiger partial charge in [0, 0.05) is 34.1 Å². The molecule has 42 heavy (non-hydrogen) atoms. The van der Waals surface area contributed by atoms with E-state index in [-0.39, 0.29) is 6.42 Å². The van der Waals surface area contributed by atoms with E-state index in [0.717, 1.165) is 33.3 Å². The fraction of sp³-hybridized carbons (Fsp3) is 0.571. The third-order valence-corrected chi connectivity index (χ3v) is 6.57. The van der Waals surface area contributed by atoms with Gasteiger partial charge in [-0.25, -0.2) is 4.79 Å². The number of amides is 1. The first kappa shape index (κ1) is 34.6. The number of alkyl carbamates (subject to hydrolysis) is 1. The van der Waals surface area contributed by atoms with Crippen LogP contribution in [0.1, 0.15) is 54.0 Å². The first-order chi connectivity index (χ1) is 19.6. The van der Waals surface area contributed by atoms with Gasteiger partial charge in [-0.05, 0) is 26.3 Å². The van der Waals surface area contributed by atoms with E-state index in [2.05, 4.69) is 5.32 Å². The van der Waals surface area contributed by atoms with Crippen molar-refractivity contribution in [3.05, 3.63) is 35.9 Å². The molecule has 1 aliphatic rings. The second-order valence-corrected chi connectivity index (χ2v) is 11.5. The normalized spacial score (nSPS) is 22.6. The molecule has 1 unspecified atom stereocenters. The van der Waals surface area contributed by atoms with Crippen molar-refractivity contribution in [3.63, 3.8) is 0 Å². The van der Waals surface area contributed by atoms with Crippen LogP contribution in [0.2, 0.25) is 0 Å². The number of esters is 4. The highest BCUT2D eigenvalue weighted by atomic mass is 32.2. The van der Waals surface area contributed by atoms with Crippen LogP contribution in [0.3, 0.4) is 0 Å². The van der Waals surface area contributed by atoms with Crippen LogP contribution < -0.4 is 5.32 Å². The van der Waals surface area contributed by atoms with Crippen LogP contribution in [-0.4, -0.2) is 83.2 Å². The predicted molar refractivity (Wildman–Crippen MR) is 148 cm³/mol. The molecule has 2 rings (SSSR count). The van der Waals surface area contributed by atoms with Crippen LogP contribution in [0.15, 0.2) is 30.3 Å². The van der Waals surface area contributed by atoms with Gasteiger partial charge in [0.2, 0.25) is 5.12 Å². The van der Waals surface area contributed by atoms with E-state index in [1.165, 1.54) is 0 Å². The van der Waals surface area contributed by atoms with E-state index in [0.29, 0.717) is 11.8 Å². The van der Waals surface area contributed by atoms with Gasteiger partial charge in [-0.2, -0.15) is 0 Å². The number of hydrogen-bond donors (Lipinski definition) is 1. The lowest BCUT2D eigenvalue weighted by molar-refractivity contribution is -0.237. The van der Waals surface area contributed by atoms with Crippen LogP contribution in [0.4, 0.5) is 4.79 Å². The maximum atomic E-state index is 13.7. The number of ether oxygens (including phenoxy) is 6. The molecule has 1 fully saturated rings. The second-order valence-electron chi connectivity index (χ2n) is 10.4. The maximum Gasteiger partial charge on any atom is 0.408 e. The van der Waals surface area contributed by atoms with Crippen molar-refractivity contribution < 1.29 is 57.2 Å². The third-order valence-electron chi connectivity index (χ3n) is 5.44. The summed E-state index contributed by atoms with van der Waals surface area (Å²) in [6.07, 6.45) is -6.19. The molecular formula is C28H37NO12S. The van der Waals surface area contributed by atoms with Crippen LogP contribution in [-0.2, 0) is 58.8 Å². The van der Waals surface area contributed by atoms with Crippen LogP contribution in [0, 0.1) is 0 Å². The quantitative estimate of drug-likeness (QED) is 0.303. The Morgan fingerprint density at radius 1 is 0.833 bits per heavy atom. The number of nitrogens with one attached hydrogen (secondary N) is 1. The highest BCUT2D eigenvalue weighted by molar-refractivity contribution is 8.14. The van der Waals surface area contributed by atoms with E-state index in [9.17, 15) is 28.8 Å². The molecule has 1 aliphatic heterocycles. The van der Waals surface area contributed by atoms with Crippen molar-refractivity contribution in [2.45, 2.75) is 96.4 Å². The summed E-state index contributed by atoms with van der Waals surface area (Å²) < 4.78 is 32.6. The molecular weight excluding hydrogens is 574 g/mol. The molecule has 1 amide bonds. The van der Waals surface area contributed by atoms with Gasteiger partial charge < -0.3 is 33.7 Å². The van der Waals surface area contributed by atoms with Gasteiger partial charge in [-0.3, -0.25) is 24.0 Å². The minimum Gasteiger partial charge on any atom is -0.463 e. The van der Waals surface area contributed by atoms with Gasteiger partial charge in [0.15, 0.2) is 23.7 Å². The fourth-order valence-corrected chi connectivity index (χ4v) is 5.05. The Bertz CT molecular complexity index is 1140. The van der Waals surface area contributed by atoms with Gasteiger partial charge in [0.25, 0.3) is 0 Å². The smallest absolute Gasteiger partial charge is 0.408 e. The summed E-state index contributed by atoms with van der Waals surface area (Å²) in [7, 11) is 0. The van der Waals surface area contributed by atoms with E-state index < -0.39 is 83.2 Å². The minimum atomic E-state index is -1.43. The molecule has 0 aromatic heterocycles. The van der Waals surface area contributed by atoms with Gasteiger partial charge in [-0.1, -0.05) is 42.1 Å². The Morgan fingerprint density at radius 3 is 1.90 bits per heavy atom. The summed E-state index contributed by atoms with van der Waals surface area (Å²) in [5.74, 6) is -3.05. The van der Waals surface area contributed by atoms with Crippen LogP contribution in [0.25, 0.3) is 0 Å². The van der Waals surface area contributed by atoms with E-state index >= 15 is 0 Å². The lowest BCUT2D eigenvalue weighted by atomic mass is 9.99. The van der Waals surface area contributed by atoms with Gasteiger partial charge in [0.05, 0.1) is 0 Å². The monoisotopic (exact) mass is 611 g/mol. The molecule has 1 aromatic rings. The average Bonchev–Trinajstić information content (AvgIpc) is 2.84. The zero-order valence-electron chi connectivity index (χ0n) is 24.6. The summed E-state index contributed by atoms with van der Waals surface area (Å²) in [5, 5.41) is 1.97. The van der Waals surface area contributed by atoms with E-state index in [1.807, 2.05) is 0 Å². The lowest BCUT2D eigenvalue weighted by Gasteiger charge is -2.44. The number of thioether (sulfide) groups is 1. The van der Waals surface area contributed by atoms with Crippen molar-refractivity contribution >= 4 is 46.8 Å². The molecule has 0 saturated carbocycles. The number of carbonyl (C=O) groups is 6. The SMILES string of the molecule is CC(=O)OC[C@H]1O[C@@H](SC(=O)C(Cc2ccccc2)NC(=O)OC(C)(C)C)[C@H](OC(C)=O)[C@@H](OC(C)=O)[C@@H]1OC(C)=O. The zero-order chi connectivity index (χ0) is 31.6. The van der Waals surface area contributed by atoms with E-state index in [1.54, 1.807) is 51.1 Å². The summed E-state index contributed by atoms with van der Waals surface area (Å²) in [4.78, 5) is 74.0. The highest BCUT2D eigenvalue weighted by Gasteiger charge is 2.53. The topological polar surface area (TPSA) is 170 Å². The number of benzene rings is 1. The molecule has 1 aromatic carbocycles. The predicted octanol–water partition coefficient (Wildman–Crippen LogP) is 2.47. The number of carbonyl (C=O) groups excluding carboxylic acids is 6. The average molecular weight is 612 g/mol. The molecule has 1 N–H and O–H groups in total. The Kier molecular flexibility index (Phi) is 12.8. The summed E-state index contributed by atoms with van der Waals surface area (Å²) in [5.41, 5.74) is -1.44. The lowest BCUT2D eigenvalue weighted by Crippen LogP contribution is -2.62. The van der Waals surface area contributed by atoms with Gasteiger partial charge in [-0.15, -0.1) is 0 Å².